The minimum absolute atomic E-state index is 0.299. The van der Waals surface area contributed by atoms with E-state index in [1.165, 1.54) is 12.1 Å². The summed E-state index contributed by atoms with van der Waals surface area (Å²) < 4.78 is 21.0. The Labute approximate surface area is 110 Å². The van der Waals surface area contributed by atoms with Crippen LogP contribution in [0.15, 0.2) is 30.7 Å². The zero-order valence-electron chi connectivity index (χ0n) is 10.6. The molecule has 0 saturated carbocycles. The van der Waals surface area contributed by atoms with Crippen molar-refractivity contribution in [3.05, 3.63) is 47.8 Å². The van der Waals surface area contributed by atoms with E-state index in [4.69, 9.17) is 4.74 Å². The summed E-state index contributed by atoms with van der Waals surface area (Å²) in [5.41, 5.74) is 1.54. The Hall–Kier alpha value is -1.88. The van der Waals surface area contributed by atoms with E-state index >= 15 is 0 Å². The van der Waals surface area contributed by atoms with Crippen molar-refractivity contribution in [2.75, 3.05) is 0 Å². The Bertz CT molecular complexity index is 597. The zero-order chi connectivity index (χ0) is 13.4. The topological polar surface area (TPSA) is 47.3 Å². The molecule has 2 atom stereocenters. The van der Waals surface area contributed by atoms with E-state index in [-0.39, 0.29) is 11.9 Å². The van der Waals surface area contributed by atoms with Gasteiger partial charge in [0.25, 0.3) is 0 Å². The lowest BCUT2D eigenvalue weighted by atomic mass is 9.97. The van der Waals surface area contributed by atoms with E-state index in [1.807, 2.05) is 11.5 Å². The lowest BCUT2D eigenvalue weighted by Gasteiger charge is -2.30. The SMILES string of the molecule is CCn1cncc1C1C[C@H](O)c2ccc(F)cc2O1. The molecule has 1 aromatic carbocycles. The van der Waals surface area contributed by atoms with E-state index in [0.29, 0.717) is 17.7 Å². The predicted octanol–water partition coefficient (Wildman–Crippen LogP) is 2.60. The Morgan fingerprint density at radius 1 is 1.53 bits per heavy atom. The zero-order valence-corrected chi connectivity index (χ0v) is 10.6. The summed E-state index contributed by atoms with van der Waals surface area (Å²) in [4.78, 5) is 4.09. The van der Waals surface area contributed by atoms with Crippen LogP contribution >= 0.6 is 0 Å². The number of aliphatic hydroxyl groups is 1. The maximum atomic E-state index is 13.3. The molecular weight excluding hydrogens is 247 g/mol. The lowest BCUT2D eigenvalue weighted by Crippen LogP contribution is -2.21. The van der Waals surface area contributed by atoms with Crippen molar-refractivity contribution in [1.29, 1.82) is 0 Å². The number of aliphatic hydroxyl groups excluding tert-OH is 1. The van der Waals surface area contributed by atoms with Gasteiger partial charge in [-0.2, -0.15) is 0 Å². The van der Waals surface area contributed by atoms with Gasteiger partial charge >= 0.3 is 0 Å². The molecule has 0 saturated heterocycles. The molecule has 4 nitrogen and oxygen atoms in total. The summed E-state index contributed by atoms with van der Waals surface area (Å²) in [7, 11) is 0. The maximum absolute atomic E-state index is 13.3. The second kappa shape index (κ2) is 4.66. The molecule has 0 fully saturated rings. The Kier molecular flexibility index (Phi) is 2.98. The fourth-order valence-electron chi connectivity index (χ4n) is 2.46. The minimum Gasteiger partial charge on any atom is -0.484 e. The van der Waals surface area contributed by atoms with Gasteiger partial charge in [0.15, 0.2) is 0 Å². The smallest absolute Gasteiger partial charge is 0.143 e. The van der Waals surface area contributed by atoms with Gasteiger partial charge in [0.1, 0.15) is 17.7 Å². The highest BCUT2D eigenvalue weighted by Gasteiger charge is 2.30. The molecule has 1 aromatic heterocycles. The molecule has 100 valence electrons. The van der Waals surface area contributed by atoms with Gasteiger partial charge < -0.3 is 14.4 Å². The number of nitrogens with zero attached hydrogens (tertiary/aromatic N) is 2. The maximum Gasteiger partial charge on any atom is 0.143 e. The molecule has 1 aliphatic heterocycles. The first-order chi connectivity index (χ1) is 9.19. The molecule has 0 amide bonds. The third-order valence-electron chi connectivity index (χ3n) is 3.46. The second-order valence-corrected chi connectivity index (χ2v) is 4.64. The number of imidazole rings is 1. The molecule has 2 heterocycles. The average molecular weight is 262 g/mol. The number of ether oxygens (including phenoxy) is 1. The van der Waals surface area contributed by atoms with Crippen LogP contribution < -0.4 is 4.74 Å². The number of halogens is 1. The van der Waals surface area contributed by atoms with Gasteiger partial charge in [-0.1, -0.05) is 0 Å². The summed E-state index contributed by atoms with van der Waals surface area (Å²) in [6.07, 6.45) is 2.96. The number of aryl methyl sites for hydroxylation is 1. The van der Waals surface area contributed by atoms with Crippen LogP contribution in [0.2, 0.25) is 0 Å². The van der Waals surface area contributed by atoms with Gasteiger partial charge in [-0.3, -0.25) is 0 Å². The Morgan fingerprint density at radius 3 is 3.16 bits per heavy atom. The van der Waals surface area contributed by atoms with Gasteiger partial charge in [-0.05, 0) is 19.1 Å². The number of aromatic nitrogens is 2. The van der Waals surface area contributed by atoms with Gasteiger partial charge in [0, 0.05) is 24.6 Å². The Balaban J connectivity index is 1.96. The van der Waals surface area contributed by atoms with Gasteiger partial charge in [0.2, 0.25) is 0 Å². The molecule has 1 aliphatic rings. The van der Waals surface area contributed by atoms with Crippen molar-refractivity contribution in [3.63, 3.8) is 0 Å². The van der Waals surface area contributed by atoms with Gasteiger partial charge in [0.05, 0.1) is 24.3 Å². The summed E-state index contributed by atoms with van der Waals surface area (Å²) in [6.45, 7) is 2.79. The third-order valence-corrected chi connectivity index (χ3v) is 3.46. The fourth-order valence-corrected chi connectivity index (χ4v) is 2.46. The molecular formula is C14H15FN2O2. The number of hydrogen-bond acceptors (Lipinski definition) is 3. The van der Waals surface area contributed by atoms with E-state index in [2.05, 4.69) is 4.98 Å². The predicted molar refractivity (Wildman–Crippen MR) is 67.2 cm³/mol. The standard InChI is InChI=1S/C14H15FN2O2/c1-2-17-8-16-7-11(17)14-6-12(18)10-4-3-9(15)5-13(10)19-14/h3-5,7-8,12,14,18H,2,6H2,1H3/t12-,14?/m0/s1. The second-order valence-electron chi connectivity index (χ2n) is 4.64. The summed E-state index contributed by atoms with van der Waals surface area (Å²) in [5, 5.41) is 10.2. The van der Waals surface area contributed by atoms with E-state index < -0.39 is 6.10 Å². The Morgan fingerprint density at radius 2 is 2.37 bits per heavy atom. The molecule has 1 N–H and O–H groups in total. The minimum atomic E-state index is -0.644. The molecule has 3 rings (SSSR count). The van der Waals surface area contributed by atoms with Crippen molar-refractivity contribution in [1.82, 2.24) is 9.55 Å². The molecule has 5 heteroatoms. The number of hydrogen-bond donors (Lipinski definition) is 1. The number of benzene rings is 1. The lowest BCUT2D eigenvalue weighted by molar-refractivity contribution is 0.0616. The molecule has 0 aliphatic carbocycles. The van der Waals surface area contributed by atoms with Crippen LogP contribution in [0.1, 0.15) is 36.8 Å². The highest BCUT2D eigenvalue weighted by atomic mass is 19.1. The van der Waals surface area contributed by atoms with Crippen LogP contribution in [0.25, 0.3) is 0 Å². The molecule has 19 heavy (non-hydrogen) atoms. The van der Waals surface area contributed by atoms with Gasteiger partial charge in [-0.25, -0.2) is 9.37 Å². The summed E-state index contributed by atoms with van der Waals surface area (Å²) in [6, 6.07) is 4.22. The van der Waals surface area contributed by atoms with Crippen LogP contribution in [-0.4, -0.2) is 14.7 Å². The third kappa shape index (κ3) is 2.10. The number of fused-ring (bicyclic) bond motifs is 1. The van der Waals surface area contributed by atoms with Crippen molar-refractivity contribution < 1.29 is 14.2 Å². The van der Waals surface area contributed by atoms with Crippen molar-refractivity contribution in [2.24, 2.45) is 0 Å². The summed E-state index contributed by atoms with van der Waals surface area (Å²) >= 11 is 0. The molecule has 0 spiro atoms. The van der Waals surface area contributed by atoms with Crippen LogP contribution in [0.5, 0.6) is 5.75 Å². The first-order valence-corrected chi connectivity index (χ1v) is 6.33. The quantitative estimate of drug-likeness (QED) is 0.905. The largest absolute Gasteiger partial charge is 0.484 e. The fraction of sp³-hybridized carbons (Fsp3) is 0.357. The number of rotatable bonds is 2. The van der Waals surface area contributed by atoms with Crippen molar-refractivity contribution in [2.45, 2.75) is 32.1 Å². The highest BCUT2D eigenvalue weighted by Crippen LogP contribution is 2.40. The van der Waals surface area contributed by atoms with Crippen molar-refractivity contribution in [3.8, 4) is 5.75 Å². The van der Waals surface area contributed by atoms with E-state index in [9.17, 15) is 9.50 Å². The van der Waals surface area contributed by atoms with Crippen LogP contribution in [-0.2, 0) is 6.54 Å². The van der Waals surface area contributed by atoms with Crippen LogP contribution in [0.4, 0.5) is 4.39 Å². The monoisotopic (exact) mass is 262 g/mol. The first kappa shape index (κ1) is 12.2. The normalized spacial score (nSPS) is 21.8. The molecule has 0 bridgehead atoms. The van der Waals surface area contributed by atoms with Crippen LogP contribution in [0, 0.1) is 5.82 Å². The summed E-state index contributed by atoms with van der Waals surface area (Å²) in [5.74, 6) is 0.0446. The molecule has 0 radical (unpaired) electrons. The highest BCUT2D eigenvalue weighted by molar-refractivity contribution is 5.38. The molecule has 2 aromatic rings. The van der Waals surface area contributed by atoms with Crippen molar-refractivity contribution >= 4 is 0 Å². The average Bonchev–Trinajstić information content (AvgIpc) is 2.86. The van der Waals surface area contributed by atoms with E-state index in [0.717, 1.165) is 12.2 Å². The molecule has 1 unspecified atom stereocenters. The first-order valence-electron chi connectivity index (χ1n) is 6.33. The van der Waals surface area contributed by atoms with Crippen LogP contribution in [0.3, 0.4) is 0 Å². The van der Waals surface area contributed by atoms with Gasteiger partial charge in [-0.15, -0.1) is 0 Å². The van der Waals surface area contributed by atoms with E-state index in [1.54, 1.807) is 18.6 Å².